The Bertz CT molecular complexity index is 1100. The van der Waals surface area contributed by atoms with Gasteiger partial charge in [0, 0.05) is 67.5 Å². The molecule has 0 spiro atoms. The molecule has 40 heavy (non-hydrogen) atoms. The van der Waals surface area contributed by atoms with E-state index in [0.29, 0.717) is 0 Å². The van der Waals surface area contributed by atoms with E-state index >= 15 is 0 Å². The van der Waals surface area contributed by atoms with Crippen LogP contribution in [-0.2, 0) is 31.2 Å². The smallest absolute Gasteiger partial charge is 0.485 e. The number of rotatable bonds is 0. The van der Waals surface area contributed by atoms with E-state index < -0.39 is 31.3 Å². The first-order valence-electron chi connectivity index (χ1n) is 8.64. The van der Waals surface area contributed by atoms with Crippen LogP contribution in [0.2, 0.25) is 0 Å². The fraction of sp³-hybridized carbons (Fsp3) is 0.118. The summed E-state index contributed by atoms with van der Waals surface area (Å²) in [5, 5.41) is 30.6. The van der Waals surface area contributed by atoms with Gasteiger partial charge in [0.1, 0.15) is 0 Å². The molecule has 14 nitrogen and oxygen atoms in total. The number of hydrogen-bond acceptors (Lipinski definition) is 9. The zero-order valence-electron chi connectivity index (χ0n) is 19.1. The SMILES string of the molecule is O=S(=O)([O-])C(F)(F)F.O=S(=O)([O-])C(F)(F)F.[O-2].[O-2].[O-][n+]1ccccc1.[O-][n+]1ccccc1.[O-][n+]1ccccc1.[U]. The molecule has 0 fully saturated rings. The molecule has 0 aliphatic carbocycles. The van der Waals surface area contributed by atoms with Crippen LogP contribution in [0.25, 0.3) is 0 Å². The average molecular weight is 853 g/mol. The van der Waals surface area contributed by atoms with E-state index in [4.69, 9.17) is 25.9 Å². The van der Waals surface area contributed by atoms with Gasteiger partial charge in [0.15, 0.2) is 57.4 Å². The Morgan fingerprint density at radius 3 is 0.625 bits per heavy atom. The molecular formula is C17H15F6N3O11S2U-6. The molecule has 23 heteroatoms. The predicted octanol–water partition coefficient (Wildman–Crippen LogP) is 0.825. The van der Waals surface area contributed by atoms with Crippen LogP contribution in [0.5, 0.6) is 0 Å². The van der Waals surface area contributed by atoms with Crippen molar-refractivity contribution in [2.45, 2.75) is 11.0 Å². The van der Waals surface area contributed by atoms with Gasteiger partial charge < -0.3 is 35.7 Å². The number of aromatic nitrogens is 3. The summed E-state index contributed by atoms with van der Waals surface area (Å²) in [6, 6.07) is 15.5. The summed E-state index contributed by atoms with van der Waals surface area (Å²) in [4.78, 5) is 0. The van der Waals surface area contributed by atoms with Crippen molar-refractivity contribution in [1.29, 1.82) is 0 Å². The molecule has 3 heterocycles. The zero-order chi connectivity index (χ0) is 29.3. The third-order valence-electron chi connectivity index (χ3n) is 2.63. The molecule has 0 atom stereocenters. The quantitative estimate of drug-likeness (QED) is 0.102. The molecule has 0 bridgehead atoms. The molecule has 0 saturated carbocycles. The number of nitrogens with zero attached hydrogens (tertiary/aromatic N) is 3. The molecule has 0 amide bonds. The standard InChI is InChI=1S/3C5H5NO.2CHF3O3S.2O.U/c3*7-6-4-2-1-3-5-6;2*2-1(3,4)8(5,6)7;;;/h3*1-5H;2*(H,5,6,7);;;/q;;;;;2*-2;/p-2. The van der Waals surface area contributed by atoms with Crippen LogP contribution in [-0.4, -0.2) is 37.0 Å². The van der Waals surface area contributed by atoms with Crippen molar-refractivity contribution < 1.29 is 109 Å². The monoisotopic (exact) mass is 853 g/mol. The van der Waals surface area contributed by atoms with Gasteiger partial charge in [0.05, 0.1) is 0 Å². The van der Waals surface area contributed by atoms with Crippen LogP contribution in [0.1, 0.15) is 0 Å². The van der Waals surface area contributed by atoms with Crippen LogP contribution in [0.15, 0.2) is 91.8 Å². The van der Waals surface area contributed by atoms with E-state index in [-0.39, 0.29) is 42.1 Å². The van der Waals surface area contributed by atoms with Crippen molar-refractivity contribution in [3.05, 3.63) is 107 Å². The first-order valence-corrected chi connectivity index (χ1v) is 11.5. The molecule has 0 unspecified atom stereocenters. The van der Waals surface area contributed by atoms with Gasteiger partial charge in [-0.3, -0.25) is 0 Å². The molecular weight excluding hydrogens is 838 g/mol. The number of pyridine rings is 3. The Balaban J connectivity index is -0.000000125. The normalized spacial score (nSPS) is 10.1. The van der Waals surface area contributed by atoms with Crippen molar-refractivity contribution in [2.24, 2.45) is 0 Å². The average Bonchev–Trinajstić information content (AvgIpc) is 2.74. The first kappa shape index (κ1) is 47.0. The second-order valence-corrected chi connectivity index (χ2v) is 8.25. The van der Waals surface area contributed by atoms with E-state index in [1.165, 1.54) is 37.2 Å². The zero-order valence-corrected chi connectivity index (χ0v) is 24.9. The topological polar surface area (TPSA) is 252 Å². The largest absolute Gasteiger partial charge is 2.00 e. The van der Waals surface area contributed by atoms with Gasteiger partial charge in [-0.2, -0.15) is 40.5 Å². The van der Waals surface area contributed by atoms with Gasteiger partial charge in [0.2, 0.25) is 0 Å². The van der Waals surface area contributed by atoms with Crippen molar-refractivity contribution in [1.82, 2.24) is 0 Å². The minimum Gasteiger partial charge on any atom is -2.00 e. The van der Waals surface area contributed by atoms with Crippen LogP contribution < -0.4 is 14.2 Å². The maximum atomic E-state index is 10.7. The Hall–Kier alpha value is -2.78. The van der Waals surface area contributed by atoms with Crippen LogP contribution in [0, 0.1) is 46.7 Å². The van der Waals surface area contributed by atoms with Crippen molar-refractivity contribution in [3.8, 4) is 0 Å². The summed E-state index contributed by atoms with van der Waals surface area (Å²) in [7, 11) is -12.2. The summed E-state index contributed by atoms with van der Waals surface area (Å²) in [6.07, 6.45) is 8.67. The predicted molar refractivity (Wildman–Crippen MR) is 109 cm³/mol. The van der Waals surface area contributed by atoms with Gasteiger partial charge >= 0.3 is 11.0 Å². The Morgan fingerprint density at radius 1 is 0.450 bits per heavy atom. The van der Waals surface area contributed by atoms with Gasteiger partial charge in [-0.15, -0.1) is 0 Å². The minimum atomic E-state index is -6.09. The molecule has 3 rings (SSSR count). The molecule has 0 aliphatic heterocycles. The van der Waals surface area contributed by atoms with Crippen LogP contribution >= 0.6 is 0 Å². The van der Waals surface area contributed by atoms with Crippen molar-refractivity contribution >= 4 is 20.2 Å². The third kappa shape index (κ3) is 26.8. The Labute approximate surface area is 246 Å². The van der Waals surface area contributed by atoms with Gasteiger partial charge in [-0.25, -0.2) is 16.8 Å². The Kier molecular flexibility index (Phi) is 25.8. The van der Waals surface area contributed by atoms with Crippen molar-refractivity contribution in [3.63, 3.8) is 0 Å². The molecule has 0 aromatic carbocycles. The van der Waals surface area contributed by atoms with Crippen LogP contribution in [0.3, 0.4) is 0 Å². The molecule has 0 aliphatic rings. The van der Waals surface area contributed by atoms with E-state index in [2.05, 4.69) is 0 Å². The number of alkyl halides is 6. The Morgan fingerprint density at radius 2 is 0.575 bits per heavy atom. The molecule has 3 aromatic heterocycles. The first-order chi connectivity index (χ1) is 16.7. The number of hydrogen-bond donors (Lipinski definition) is 0. The summed E-state index contributed by atoms with van der Waals surface area (Å²) in [5.74, 6) is 0. The second kappa shape index (κ2) is 22.0. The fourth-order valence-electron chi connectivity index (χ4n) is 1.15. The summed E-state index contributed by atoms with van der Waals surface area (Å²) in [5.41, 5.74) is -11.3. The summed E-state index contributed by atoms with van der Waals surface area (Å²) in [6.45, 7) is 0. The van der Waals surface area contributed by atoms with Gasteiger partial charge in [0.25, 0.3) is 0 Å². The summed E-state index contributed by atoms with van der Waals surface area (Å²) < 4.78 is 120. The van der Waals surface area contributed by atoms with Crippen molar-refractivity contribution in [2.75, 3.05) is 0 Å². The van der Waals surface area contributed by atoms with Gasteiger partial charge in [-0.05, 0) is 0 Å². The maximum absolute atomic E-state index is 10.7. The fourth-order valence-corrected chi connectivity index (χ4v) is 1.15. The molecule has 0 N–H and O–H groups in total. The third-order valence-corrected chi connectivity index (χ3v) is 3.77. The van der Waals surface area contributed by atoms with E-state index in [1.807, 2.05) is 0 Å². The number of halogens is 6. The maximum Gasteiger partial charge on any atom is 0.485 e. The van der Waals surface area contributed by atoms with E-state index in [0.717, 1.165) is 14.2 Å². The van der Waals surface area contributed by atoms with Crippen LogP contribution in [0.4, 0.5) is 26.3 Å². The minimum absolute atomic E-state index is 0. The second-order valence-electron chi connectivity index (χ2n) is 5.51. The molecule has 0 radical (unpaired) electrons. The molecule has 0 saturated heterocycles. The molecule has 228 valence electrons. The van der Waals surface area contributed by atoms with E-state index in [9.17, 15) is 42.0 Å². The molecule has 3 aromatic rings. The summed E-state index contributed by atoms with van der Waals surface area (Å²) >= 11 is 0. The van der Waals surface area contributed by atoms with E-state index in [1.54, 1.807) is 54.6 Å². The van der Waals surface area contributed by atoms with Gasteiger partial charge in [-0.1, -0.05) is 18.2 Å².